The van der Waals surface area contributed by atoms with Crippen molar-refractivity contribution >= 4 is 45.0 Å². The molecule has 1 aromatic rings. The highest BCUT2D eigenvalue weighted by Crippen LogP contribution is 2.53. The highest BCUT2D eigenvalue weighted by molar-refractivity contribution is 7.90. The zero-order valence-electron chi connectivity index (χ0n) is 16.8. The normalized spacial score (nSPS) is 34.9. The number of hydrogen-bond acceptors (Lipinski definition) is 3. The number of carbonyl (C=O) groups excluding carboxylic acids is 1. The van der Waals surface area contributed by atoms with Crippen LogP contribution in [0.1, 0.15) is 38.5 Å². The molecular formula is C21H27Cl2N3O3S. The number of nitrogens with one attached hydrogen (secondary N) is 1. The smallest absolute Gasteiger partial charge is 0.304 e. The molecule has 1 amide bonds. The average Bonchev–Trinajstić information content (AvgIpc) is 2.68. The molecule has 1 saturated heterocycles. The average molecular weight is 472 g/mol. The van der Waals surface area contributed by atoms with Crippen LogP contribution in [0, 0.1) is 23.7 Å². The first-order valence-electron chi connectivity index (χ1n) is 10.8. The van der Waals surface area contributed by atoms with Crippen molar-refractivity contribution in [2.24, 2.45) is 23.7 Å². The van der Waals surface area contributed by atoms with Crippen LogP contribution in [0.2, 0.25) is 10.0 Å². The third-order valence-corrected chi connectivity index (χ3v) is 10.1. The lowest BCUT2D eigenvalue weighted by Gasteiger charge is -2.54. The van der Waals surface area contributed by atoms with E-state index in [1.165, 1.54) is 40.7 Å². The fourth-order valence-electron chi connectivity index (χ4n) is 6.38. The van der Waals surface area contributed by atoms with Gasteiger partial charge in [-0.1, -0.05) is 23.2 Å². The topological polar surface area (TPSA) is 69.7 Å². The largest absolute Gasteiger partial charge is 0.352 e. The molecule has 1 aliphatic heterocycles. The van der Waals surface area contributed by atoms with Gasteiger partial charge < -0.3 is 5.32 Å². The lowest BCUT2D eigenvalue weighted by Crippen LogP contribution is -2.58. The summed E-state index contributed by atoms with van der Waals surface area (Å²) in [5.74, 6) is 2.62. The fourth-order valence-corrected chi connectivity index (χ4v) is 8.33. The summed E-state index contributed by atoms with van der Waals surface area (Å²) in [6, 6.07) is 5.00. The molecule has 6 nitrogen and oxygen atoms in total. The van der Waals surface area contributed by atoms with E-state index in [0.29, 0.717) is 47.1 Å². The molecule has 4 bridgehead atoms. The minimum absolute atomic E-state index is 0.136. The molecule has 1 N–H and O–H groups in total. The van der Waals surface area contributed by atoms with E-state index in [1.54, 1.807) is 18.2 Å². The van der Waals surface area contributed by atoms with E-state index in [9.17, 15) is 13.2 Å². The van der Waals surface area contributed by atoms with Crippen LogP contribution < -0.4 is 9.62 Å². The second kappa shape index (κ2) is 7.84. The summed E-state index contributed by atoms with van der Waals surface area (Å²) in [6.07, 6.45) is 6.86. The van der Waals surface area contributed by atoms with Crippen molar-refractivity contribution in [1.82, 2.24) is 9.62 Å². The molecule has 164 valence electrons. The van der Waals surface area contributed by atoms with Gasteiger partial charge in [0.1, 0.15) is 0 Å². The van der Waals surface area contributed by atoms with Crippen molar-refractivity contribution < 1.29 is 13.2 Å². The van der Waals surface area contributed by atoms with E-state index in [0.717, 1.165) is 11.8 Å². The standard InChI is InChI=1S/C21H27Cl2N3O3S/c22-18-3-2-17(11-19(18)23)26-5-1-4-25(30(26,28)29)12-20(27)24-21-15-7-13-6-14(9-15)10-16(21)8-13/h2-3,11,13-16,21H,1,4-10,12H2,(H,24,27). The summed E-state index contributed by atoms with van der Waals surface area (Å²) < 4.78 is 29.0. The van der Waals surface area contributed by atoms with E-state index in [-0.39, 0.29) is 18.5 Å². The van der Waals surface area contributed by atoms with Gasteiger partial charge >= 0.3 is 10.2 Å². The highest BCUT2D eigenvalue weighted by atomic mass is 35.5. The summed E-state index contributed by atoms with van der Waals surface area (Å²) in [5.41, 5.74) is 0.468. The van der Waals surface area contributed by atoms with E-state index in [1.807, 2.05) is 0 Å². The lowest BCUT2D eigenvalue weighted by molar-refractivity contribution is -0.125. The number of nitrogens with zero attached hydrogens (tertiary/aromatic N) is 2. The summed E-state index contributed by atoms with van der Waals surface area (Å²) in [5, 5.41) is 3.90. The summed E-state index contributed by atoms with van der Waals surface area (Å²) in [6.45, 7) is 0.562. The third kappa shape index (κ3) is 3.72. The Bertz CT molecular complexity index is 927. The van der Waals surface area contributed by atoms with Gasteiger partial charge in [-0.05, 0) is 80.4 Å². The molecule has 6 rings (SSSR count). The first-order chi connectivity index (χ1) is 14.3. The van der Waals surface area contributed by atoms with E-state index in [2.05, 4.69) is 5.32 Å². The van der Waals surface area contributed by atoms with E-state index < -0.39 is 10.2 Å². The number of carbonyl (C=O) groups is 1. The molecule has 1 heterocycles. The summed E-state index contributed by atoms with van der Waals surface area (Å²) in [4.78, 5) is 12.9. The molecule has 4 saturated carbocycles. The minimum Gasteiger partial charge on any atom is -0.352 e. The fraction of sp³-hybridized carbons (Fsp3) is 0.667. The maximum Gasteiger partial charge on any atom is 0.304 e. The van der Waals surface area contributed by atoms with Gasteiger partial charge in [0.2, 0.25) is 5.91 Å². The molecule has 0 radical (unpaired) electrons. The molecule has 0 aromatic heterocycles. The molecule has 1 aromatic carbocycles. The SMILES string of the molecule is O=C(CN1CCCN(c2ccc(Cl)c(Cl)c2)S1(=O)=O)NC1C2CC3CC(C2)CC1C3. The molecule has 5 fully saturated rings. The molecule has 0 atom stereocenters. The van der Waals surface area contributed by atoms with Crippen molar-refractivity contribution in [2.45, 2.75) is 44.6 Å². The second-order valence-electron chi connectivity index (χ2n) is 9.39. The zero-order chi connectivity index (χ0) is 21.0. The van der Waals surface area contributed by atoms with Crippen molar-refractivity contribution in [1.29, 1.82) is 0 Å². The highest BCUT2D eigenvalue weighted by Gasteiger charge is 2.48. The van der Waals surface area contributed by atoms with Gasteiger partial charge in [-0.2, -0.15) is 12.7 Å². The van der Waals surface area contributed by atoms with Crippen molar-refractivity contribution in [3.05, 3.63) is 28.2 Å². The Morgan fingerprint density at radius 1 is 1.00 bits per heavy atom. The van der Waals surface area contributed by atoms with Gasteiger partial charge in [0.25, 0.3) is 0 Å². The lowest BCUT2D eigenvalue weighted by atomic mass is 9.54. The van der Waals surface area contributed by atoms with Crippen LogP contribution in [0.4, 0.5) is 5.69 Å². The Balaban J connectivity index is 1.27. The number of hydrogen-bond donors (Lipinski definition) is 1. The quantitative estimate of drug-likeness (QED) is 0.727. The van der Waals surface area contributed by atoms with Gasteiger partial charge in [-0.25, -0.2) is 0 Å². The van der Waals surface area contributed by atoms with Crippen molar-refractivity contribution in [3.8, 4) is 0 Å². The van der Waals surface area contributed by atoms with Crippen molar-refractivity contribution in [3.63, 3.8) is 0 Å². The number of anilines is 1. The maximum atomic E-state index is 13.2. The van der Waals surface area contributed by atoms with Gasteiger partial charge in [0.15, 0.2) is 0 Å². The Morgan fingerprint density at radius 2 is 1.67 bits per heavy atom. The summed E-state index contributed by atoms with van der Waals surface area (Å²) >= 11 is 12.1. The Kier molecular flexibility index (Phi) is 5.45. The summed E-state index contributed by atoms with van der Waals surface area (Å²) in [7, 11) is -3.80. The molecule has 4 aliphatic carbocycles. The molecule has 5 aliphatic rings. The van der Waals surface area contributed by atoms with Gasteiger partial charge in [-0.15, -0.1) is 0 Å². The van der Waals surface area contributed by atoms with Crippen LogP contribution >= 0.6 is 23.2 Å². The van der Waals surface area contributed by atoms with Crippen molar-refractivity contribution in [2.75, 3.05) is 23.9 Å². The molecule has 9 heteroatoms. The zero-order valence-corrected chi connectivity index (χ0v) is 19.1. The van der Waals surface area contributed by atoms with Crippen LogP contribution in [0.3, 0.4) is 0 Å². The van der Waals surface area contributed by atoms with Gasteiger partial charge in [0, 0.05) is 19.1 Å². The van der Waals surface area contributed by atoms with E-state index in [4.69, 9.17) is 23.2 Å². The first-order valence-corrected chi connectivity index (χ1v) is 13.0. The molecule has 30 heavy (non-hydrogen) atoms. The number of amides is 1. The number of rotatable bonds is 4. The molecule has 0 spiro atoms. The predicted octanol–water partition coefficient (Wildman–Crippen LogP) is 3.69. The van der Waals surface area contributed by atoms with Gasteiger partial charge in [-0.3, -0.25) is 9.10 Å². The third-order valence-electron chi connectivity index (χ3n) is 7.44. The van der Waals surface area contributed by atoms with Crippen LogP contribution in [0.25, 0.3) is 0 Å². The first kappa shape index (κ1) is 20.9. The Morgan fingerprint density at radius 3 is 2.30 bits per heavy atom. The predicted molar refractivity (Wildman–Crippen MR) is 118 cm³/mol. The van der Waals surface area contributed by atoms with Crippen LogP contribution in [0.5, 0.6) is 0 Å². The molecule has 0 unspecified atom stereocenters. The minimum atomic E-state index is -3.80. The van der Waals surface area contributed by atoms with E-state index >= 15 is 0 Å². The van der Waals surface area contributed by atoms with Crippen LogP contribution in [-0.2, 0) is 15.0 Å². The van der Waals surface area contributed by atoms with Crippen LogP contribution in [0.15, 0.2) is 18.2 Å². The maximum absolute atomic E-state index is 13.2. The second-order valence-corrected chi connectivity index (χ2v) is 12.1. The van der Waals surface area contributed by atoms with Crippen LogP contribution in [-0.4, -0.2) is 44.3 Å². The monoisotopic (exact) mass is 471 g/mol. The molecular weight excluding hydrogens is 445 g/mol. The Labute approximate surface area is 188 Å². The van der Waals surface area contributed by atoms with Gasteiger partial charge in [0.05, 0.1) is 22.3 Å². The Hall–Kier alpha value is -1.02. The number of halogens is 2. The number of benzene rings is 1.